The third-order valence-electron chi connectivity index (χ3n) is 3.29. The third-order valence-corrected chi connectivity index (χ3v) is 4.29. The highest BCUT2D eigenvalue weighted by Gasteiger charge is 2.06. The van der Waals surface area contributed by atoms with Crippen molar-refractivity contribution in [1.82, 2.24) is 14.7 Å². The summed E-state index contributed by atoms with van der Waals surface area (Å²) in [6, 6.07) is 13.5. The molecule has 0 spiro atoms. The minimum absolute atomic E-state index is 0.0186. The van der Waals surface area contributed by atoms with Gasteiger partial charge in [0.05, 0.1) is 25.1 Å². The summed E-state index contributed by atoms with van der Waals surface area (Å²) in [5.74, 6) is 1.13. The van der Waals surface area contributed by atoms with E-state index in [0.717, 1.165) is 22.0 Å². The first-order valence-corrected chi connectivity index (χ1v) is 8.19. The van der Waals surface area contributed by atoms with E-state index in [0.29, 0.717) is 12.3 Å². The van der Waals surface area contributed by atoms with Gasteiger partial charge in [0.2, 0.25) is 5.91 Å². The van der Waals surface area contributed by atoms with Gasteiger partial charge in [0.1, 0.15) is 11.4 Å². The number of aromatic nitrogens is 2. The number of hydrogen-bond acceptors (Lipinski definition) is 4. The van der Waals surface area contributed by atoms with Gasteiger partial charge in [-0.25, -0.2) is 4.98 Å². The highest BCUT2D eigenvalue weighted by Crippen LogP contribution is 2.22. The lowest BCUT2D eigenvalue weighted by Crippen LogP contribution is -2.24. The van der Waals surface area contributed by atoms with E-state index in [2.05, 4.69) is 10.3 Å². The zero-order chi connectivity index (χ0) is 16.1. The minimum Gasteiger partial charge on any atom is -0.497 e. The predicted octanol–water partition coefficient (Wildman–Crippen LogP) is 2.75. The van der Waals surface area contributed by atoms with Gasteiger partial charge < -0.3 is 14.5 Å². The van der Waals surface area contributed by atoms with E-state index < -0.39 is 0 Å². The zero-order valence-electron chi connectivity index (χ0n) is 12.7. The number of pyridine rings is 1. The van der Waals surface area contributed by atoms with Gasteiger partial charge in [0, 0.05) is 17.3 Å². The largest absolute Gasteiger partial charge is 0.497 e. The number of nitrogens with zero attached hydrogens (tertiary/aromatic N) is 2. The van der Waals surface area contributed by atoms with E-state index >= 15 is 0 Å². The normalized spacial score (nSPS) is 10.7. The van der Waals surface area contributed by atoms with Crippen LogP contribution in [0.3, 0.4) is 0 Å². The summed E-state index contributed by atoms with van der Waals surface area (Å²) in [7, 11) is 1.63. The van der Waals surface area contributed by atoms with Gasteiger partial charge in [-0.1, -0.05) is 12.1 Å². The second kappa shape index (κ2) is 7.19. The molecule has 0 saturated carbocycles. The molecule has 23 heavy (non-hydrogen) atoms. The van der Waals surface area contributed by atoms with Gasteiger partial charge in [-0.05, 0) is 30.3 Å². The van der Waals surface area contributed by atoms with Gasteiger partial charge >= 0.3 is 0 Å². The Labute approximate surface area is 138 Å². The van der Waals surface area contributed by atoms with Crippen LogP contribution >= 0.6 is 11.8 Å². The van der Waals surface area contributed by atoms with Gasteiger partial charge in [0.15, 0.2) is 0 Å². The molecule has 0 unspecified atom stereocenters. The molecule has 1 N–H and O–H groups in total. The number of rotatable bonds is 6. The molecule has 5 nitrogen and oxygen atoms in total. The van der Waals surface area contributed by atoms with E-state index in [9.17, 15) is 4.79 Å². The number of hydrogen-bond donors (Lipinski definition) is 1. The van der Waals surface area contributed by atoms with E-state index in [-0.39, 0.29) is 5.91 Å². The van der Waals surface area contributed by atoms with E-state index in [1.54, 1.807) is 7.11 Å². The molecule has 1 amide bonds. The van der Waals surface area contributed by atoms with Crippen molar-refractivity contribution in [2.24, 2.45) is 0 Å². The zero-order valence-corrected chi connectivity index (χ0v) is 13.5. The fraction of sp³-hybridized carbons (Fsp3) is 0.176. The smallest absolute Gasteiger partial charge is 0.230 e. The second-order valence-electron chi connectivity index (χ2n) is 4.94. The summed E-state index contributed by atoms with van der Waals surface area (Å²) in [6.07, 6.45) is 3.86. The number of thioether (sulfide) groups is 1. The molecule has 0 radical (unpaired) electrons. The van der Waals surface area contributed by atoms with Gasteiger partial charge in [0.25, 0.3) is 0 Å². The van der Waals surface area contributed by atoms with Crippen molar-refractivity contribution in [2.75, 3.05) is 12.9 Å². The fourth-order valence-corrected chi connectivity index (χ4v) is 2.93. The molecule has 0 atom stereocenters. The van der Waals surface area contributed by atoms with Crippen molar-refractivity contribution in [1.29, 1.82) is 0 Å². The molecule has 3 aromatic rings. The van der Waals surface area contributed by atoms with Crippen LogP contribution in [0.15, 0.2) is 59.8 Å². The molecule has 3 rings (SSSR count). The van der Waals surface area contributed by atoms with Crippen molar-refractivity contribution in [3.8, 4) is 5.75 Å². The molecular formula is C17H17N3O2S. The first-order valence-electron chi connectivity index (χ1n) is 7.21. The first-order chi connectivity index (χ1) is 11.2. The highest BCUT2D eigenvalue weighted by molar-refractivity contribution is 8.00. The van der Waals surface area contributed by atoms with E-state index in [4.69, 9.17) is 4.74 Å². The number of methoxy groups -OCH3 is 1. The van der Waals surface area contributed by atoms with E-state index in [1.165, 1.54) is 11.8 Å². The van der Waals surface area contributed by atoms with Crippen molar-refractivity contribution in [3.63, 3.8) is 0 Å². The number of carbonyl (C=O) groups is 1. The first kappa shape index (κ1) is 15.4. The number of amides is 1. The van der Waals surface area contributed by atoms with Crippen LogP contribution in [-0.4, -0.2) is 28.2 Å². The maximum absolute atomic E-state index is 12.0. The maximum Gasteiger partial charge on any atom is 0.230 e. The van der Waals surface area contributed by atoms with Crippen molar-refractivity contribution in [2.45, 2.75) is 11.4 Å². The third kappa shape index (κ3) is 4.04. The Balaban J connectivity index is 1.51. The molecule has 2 aromatic heterocycles. The Morgan fingerprint density at radius 1 is 1.30 bits per heavy atom. The summed E-state index contributed by atoms with van der Waals surface area (Å²) in [4.78, 5) is 17.4. The number of fused-ring (bicyclic) bond motifs is 1. The standard InChI is InChI=1S/C17H17N3O2S/c1-22-14-5-4-6-15(9-14)23-12-17(21)18-10-13-11-20-8-3-2-7-16(20)19-13/h2-9,11H,10,12H2,1H3,(H,18,21). The van der Waals surface area contributed by atoms with E-state index in [1.807, 2.05) is 59.3 Å². The van der Waals surface area contributed by atoms with Gasteiger partial charge in [-0.15, -0.1) is 11.8 Å². The van der Waals surface area contributed by atoms with Crippen molar-refractivity contribution < 1.29 is 9.53 Å². The van der Waals surface area contributed by atoms with Crippen LogP contribution in [0.5, 0.6) is 5.75 Å². The maximum atomic E-state index is 12.0. The lowest BCUT2D eigenvalue weighted by molar-refractivity contribution is -0.118. The Bertz CT molecular complexity index is 783. The topological polar surface area (TPSA) is 55.6 Å². The van der Waals surface area contributed by atoms with Crippen LogP contribution in [0.25, 0.3) is 5.65 Å². The van der Waals surface area contributed by atoms with Crippen molar-refractivity contribution >= 4 is 23.3 Å². The highest BCUT2D eigenvalue weighted by atomic mass is 32.2. The van der Waals surface area contributed by atoms with Gasteiger partial charge in [-0.3, -0.25) is 4.79 Å². The van der Waals surface area contributed by atoms with Crippen LogP contribution < -0.4 is 10.1 Å². The Morgan fingerprint density at radius 2 is 2.22 bits per heavy atom. The fourth-order valence-electron chi connectivity index (χ4n) is 2.15. The van der Waals surface area contributed by atoms with Crippen LogP contribution in [-0.2, 0) is 11.3 Å². The summed E-state index contributed by atoms with van der Waals surface area (Å²) in [5.41, 5.74) is 1.72. The predicted molar refractivity (Wildman–Crippen MR) is 90.8 cm³/mol. The number of imidazole rings is 1. The van der Waals surface area contributed by atoms with Crippen LogP contribution in [0, 0.1) is 0 Å². The molecule has 0 aliphatic carbocycles. The number of nitrogens with one attached hydrogen (secondary N) is 1. The number of benzene rings is 1. The monoisotopic (exact) mass is 327 g/mol. The van der Waals surface area contributed by atoms with Crippen molar-refractivity contribution in [3.05, 3.63) is 60.6 Å². The lowest BCUT2D eigenvalue weighted by atomic mass is 10.3. The molecular weight excluding hydrogens is 310 g/mol. The molecule has 0 saturated heterocycles. The average Bonchev–Trinajstić information content (AvgIpc) is 3.01. The summed E-state index contributed by atoms with van der Waals surface area (Å²) in [5, 5.41) is 2.89. The number of carbonyl (C=O) groups excluding carboxylic acids is 1. The number of ether oxygens (including phenoxy) is 1. The quantitative estimate of drug-likeness (QED) is 0.707. The summed E-state index contributed by atoms with van der Waals surface area (Å²) < 4.78 is 7.11. The second-order valence-corrected chi connectivity index (χ2v) is 5.99. The van der Waals surface area contributed by atoms with Crippen LogP contribution in [0.1, 0.15) is 5.69 Å². The lowest BCUT2D eigenvalue weighted by Gasteiger charge is -2.05. The molecule has 6 heteroatoms. The van der Waals surface area contributed by atoms with Crippen LogP contribution in [0.4, 0.5) is 0 Å². The molecule has 0 aliphatic heterocycles. The Hall–Kier alpha value is -2.47. The minimum atomic E-state index is -0.0186. The molecule has 0 aliphatic rings. The summed E-state index contributed by atoms with van der Waals surface area (Å²) >= 11 is 1.48. The van der Waals surface area contributed by atoms with Crippen LogP contribution in [0.2, 0.25) is 0 Å². The Kier molecular flexibility index (Phi) is 4.83. The molecule has 118 valence electrons. The molecule has 2 heterocycles. The van der Waals surface area contributed by atoms with Gasteiger partial charge in [-0.2, -0.15) is 0 Å². The molecule has 0 fully saturated rings. The molecule has 0 bridgehead atoms. The summed E-state index contributed by atoms with van der Waals surface area (Å²) in [6.45, 7) is 0.430. The average molecular weight is 327 g/mol. The Morgan fingerprint density at radius 3 is 3.04 bits per heavy atom. The SMILES string of the molecule is COc1cccc(SCC(=O)NCc2cn3ccccc3n2)c1. The molecule has 1 aromatic carbocycles.